The van der Waals surface area contributed by atoms with E-state index in [1.807, 2.05) is 0 Å². The molecule has 0 bridgehead atoms. The van der Waals surface area contributed by atoms with Crippen LogP contribution in [0.15, 0.2) is 6.20 Å². The molecule has 1 N–H and O–H groups in total. The third kappa shape index (κ3) is 1.29. The van der Waals surface area contributed by atoms with Crippen LogP contribution < -0.4 is 0 Å². The van der Waals surface area contributed by atoms with Gasteiger partial charge >= 0.3 is 0 Å². The van der Waals surface area contributed by atoms with Crippen molar-refractivity contribution >= 4 is 11.6 Å². The fourth-order valence-corrected chi connectivity index (χ4v) is 0.607. The molecule has 0 atom stereocenters. The molecule has 0 aliphatic carbocycles. The van der Waals surface area contributed by atoms with Crippen molar-refractivity contribution in [2.24, 2.45) is 0 Å². The third-order valence-electron chi connectivity index (χ3n) is 0.845. The highest BCUT2D eigenvalue weighted by molar-refractivity contribution is 6.30. The van der Waals surface area contributed by atoms with Gasteiger partial charge in [0.05, 0.1) is 6.20 Å². The van der Waals surface area contributed by atoms with Crippen LogP contribution in [0.25, 0.3) is 0 Å². The molecular formula is C5H5ClN2O. The molecule has 0 amide bonds. The quantitative estimate of drug-likeness (QED) is 0.556. The summed E-state index contributed by atoms with van der Waals surface area (Å²) < 4.78 is 0. The van der Waals surface area contributed by atoms with Crippen molar-refractivity contribution < 1.29 is 5.11 Å². The van der Waals surface area contributed by atoms with Gasteiger partial charge in [-0.15, -0.1) is 0 Å². The second-order valence-corrected chi connectivity index (χ2v) is 1.95. The predicted octanol–water partition coefficient (Wildman–Crippen LogP) is 1.14. The summed E-state index contributed by atoms with van der Waals surface area (Å²) >= 11 is 5.41. The molecule has 1 rings (SSSR count). The number of aromatic nitrogens is 2. The van der Waals surface area contributed by atoms with Crippen LogP contribution in [0.1, 0.15) is 5.82 Å². The molecule has 4 heteroatoms. The lowest BCUT2D eigenvalue weighted by molar-refractivity contribution is 0.469. The molecule has 0 saturated heterocycles. The maximum Gasteiger partial charge on any atom is 0.174 e. The standard InChI is InChI=1S/C5H5ClN2O/c1-3-7-2-4(9)5(6)8-3/h2,9H,1H3. The molecule has 1 heterocycles. The Kier molecular flexibility index (Phi) is 1.53. The van der Waals surface area contributed by atoms with Crippen LogP contribution in [0, 0.1) is 6.92 Å². The minimum Gasteiger partial charge on any atom is -0.504 e. The highest BCUT2D eigenvalue weighted by Gasteiger charge is 1.97. The maximum absolute atomic E-state index is 8.79. The van der Waals surface area contributed by atoms with E-state index < -0.39 is 0 Å². The van der Waals surface area contributed by atoms with Gasteiger partial charge in [0.2, 0.25) is 0 Å². The van der Waals surface area contributed by atoms with Gasteiger partial charge < -0.3 is 5.11 Å². The second-order valence-electron chi connectivity index (χ2n) is 1.59. The molecule has 0 fully saturated rings. The average molecular weight is 145 g/mol. The Hall–Kier alpha value is -0.830. The number of rotatable bonds is 0. The zero-order valence-electron chi connectivity index (χ0n) is 4.80. The molecule has 3 nitrogen and oxygen atoms in total. The molecular weight excluding hydrogens is 140 g/mol. The van der Waals surface area contributed by atoms with Gasteiger partial charge in [-0.2, -0.15) is 0 Å². The summed E-state index contributed by atoms with van der Waals surface area (Å²) in [7, 11) is 0. The number of hydrogen-bond donors (Lipinski definition) is 1. The normalized spacial score (nSPS) is 9.56. The van der Waals surface area contributed by atoms with Crippen LogP contribution in [0.3, 0.4) is 0 Å². The van der Waals surface area contributed by atoms with Gasteiger partial charge in [-0.3, -0.25) is 0 Å². The SMILES string of the molecule is Cc1ncc(O)c(Cl)n1. The lowest BCUT2D eigenvalue weighted by atomic mass is 10.6. The molecule has 0 unspecified atom stereocenters. The smallest absolute Gasteiger partial charge is 0.174 e. The van der Waals surface area contributed by atoms with Crippen LogP contribution in [-0.4, -0.2) is 15.1 Å². The zero-order chi connectivity index (χ0) is 6.85. The van der Waals surface area contributed by atoms with Gasteiger partial charge in [-0.1, -0.05) is 11.6 Å². The van der Waals surface area contributed by atoms with E-state index in [0.717, 1.165) is 0 Å². The van der Waals surface area contributed by atoms with Crippen LogP contribution >= 0.6 is 11.6 Å². The van der Waals surface area contributed by atoms with E-state index in [0.29, 0.717) is 5.82 Å². The van der Waals surface area contributed by atoms with Crippen LogP contribution in [-0.2, 0) is 0 Å². The van der Waals surface area contributed by atoms with E-state index in [1.54, 1.807) is 6.92 Å². The van der Waals surface area contributed by atoms with Gasteiger partial charge in [0.15, 0.2) is 10.9 Å². The Labute approximate surface area is 57.3 Å². The first-order chi connectivity index (χ1) is 4.20. The second kappa shape index (κ2) is 2.19. The summed E-state index contributed by atoms with van der Waals surface area (Å²) in [4.78, 5) is 7.37. The van der Waals surface area contributed by atoms with Crippen LogP contribution in [0.2, 0.25) is 5.15 Å². The zero-order valence-corrected chi connectivity index (χ0v) is 5.55. The fraction of sp³-hybridized carbons (Fsp3) is 0.200. The van der Waals surface area contributed by atoms with E-state index in [-0.39, 0.29) is 10.9 Å². The summed E-state index contributed by atoms with van der Waals surface area (Å²) in [6.07, 6.45) is 1.27. The molecule has 0 aliphatic rings. The average Bonchev–Trinajstić information content (AvgIpc) is 1.80. The van der Waals surface area contributed by atoms with Gasteiger partial charge in [0.1, 0.15) is 5.82 Å². The van der Waals surface area contributed by atoms with Crippen molar-refractivity contribution in [1.29, 1.82) is 0 Å². The highest BCUT2D eigenvalue weighted by atomic mass is 35.5. The molecule has 9 heavy (non-hydrogen) atoms. The van der Waals surface area contributed by atoms with Crippen molar-refractivity contribution in [3.8, 4) is 5.75 Å². The summed E-state index contributed by atoms with van der Waals surface area (Å²) in [5, 5.41) is 8.89. The molecule has 0 spiro atoms. The Balaban J connectivity index is 3.17. The molecule has 0 aliphatic heterocycles. The van der Waals surface area contributed by atoms with Gasteiger partial charge in [-0.05, 0) is 6.92 Å². The van der Waals surface area contributed by atoms with Gasteiger partial charge in [-0.25, -0.2) is 9.97 Å². The van der Waals surface area contributed by atoms with Crippen molar-refractivity contribution in [3.63, 3.8) is 0 Å². The molecule has 1 aromatic heterocycles. The first-order valence-electron chi connectivity index (χ1n) is 2.38. The number of aryl methyl sites for hydroxylation is 1. The molecule has 1 aromatic rings. The number of aromatic hydroxyl groups is 1. The third-order valence-corrected chi connectivity index (χ3v) is 1.12. The Morgan fingerprint density at radius 3 is 2.78 bits per heavy atom. The van der Waals surface area contributed by atoms with E-state index >= 15 is 0 Å². The minimum absolute atomic E-state index is 0.0812. The van der Waals surface area contributed by atoms with Crippen molar-refractivity contribution in [1.82, 2.24) is 9.97 Å². The maximum atomic E-state index is 8.79. The van der Waals surface area contributed by atoms with Crippen LogP contribution in [0.4, 0.5) is 0 Å². The van der Waals surface area contributed by atoms with Gasteiger partial charge in [0, 0.05) is 0 Å². The van der Waals surface area contributed by atoms with Crippen LogP contribution in [0.5, 0.6) is 5.75 Å². The summed E-state index contributed by atoms with van der Waals surface area (Å²) in [5.41, 5.74) is 0. The summed E-state index contributed by atoms with van der Waals surface area (Å²) in [6.45, 7) is 1.70. The summed E-state index contributed by atoms with van der Waals surface area (Å²) in [6, 6.07) is 0. The topological polar surface area (TPSA) is 46.0 Å². The predicted molar refractivity (Wildman–Crippen MR) is 33.4 cm³/mol. The van der Waals surface area contributed by atoms with Crippen molar-refractivity contribution in [2.75, 3.05) is 0 Å². The lowest BCUT2D eigenvalue weighted by Crippen LogP contribution is -1.85. The molecule has 0 aromatic carbocycles. The molecule has 48 valence electrons. The highest BCUT2D eigenvalue weighted by Crippen LogP contribution is 2.17. The van der Waals surface area contributed by atoms with E-state index in [2.05, 4.69) is 9.97 Å². The summed E-state index contributed by atoms with van der Waals surface area (Å²) in [5.74, 6) is 0.472. The number of nitrogens with zero attached hydrogens (tertiary/aromatic N) is 2. The Morgan fingerprint density at radius 1 is 1.67 bits per heavy atom. The fourth-order valence-electron chi connectivity index (χ4n) is 0.436. The minimum atomic E-state index is -0.0812. The monoisotopic (exact) mass is 144 g/mol. The van der Waals surface area contributed by atoms with Crippen molar-refractivity contribution in [2.45, 2.75) is 6.92 Å². The number of halogens is 1. The van der Waals surface area contributed by atoms with E-state index in [9.17, 15) is 0 Å². The van der Waals surface area contributed by atoms with Gasteiger partial charge in [0.25, 0.3) is 0 Å². The Bertz CT molecular complexity index is 226. The molecule has 0 radical (unpaired) electrons. The molecule has 0 saturated carbocycles. The van der Waals surface area contributed by atoms with Crippen molar-refractivity contribution in [3.05, 3.63) is 17.2 Å². The van der Waals surface area contributed by atoms with E-state index in [4.69, 9.17) is 16.7 Å². The van der Waals surface area contributed by atoms with E-state index in [1.165, 1.54) is 6.20 Å². The largest absolute Gasteiger partial charge is 0.504 e. The first kappa shape index (κ1) is 6.29. The lowest BCUT2D eigenvalue weighted by Gasteiger charge is -1.93. The Morgan fingerprint density at radius 2 is 2.33 bits per heavy atom. The number of hydrogen-bond acceptors (Lipinski definition) is 3. The first-order valence-corrected chi connectivity index (χ1v) is 2.76.